The van der Waals surface area contributed by atoms with Gasteiger partial charge < -0.3 is 5.73 Å². The van der Waals surface area contributed by atoms with Gasteiger partial charge in [0.05, 0.1) is 0 Å². The average molecular weight is 282 g/mol. The monoisotopic (exact) mass is 281 g/mol. The van der Waals surface area contributed by atoms with Crippen LogP contribution in [0.3, 0.4) is 0 Å². The molecule has 1 aliphatic carbocycles. The maximum absolute atomic E-state index is 5.81. The number of nitrogens with two attached hydrogens (primary N) is 1. The van der Waals surface area contributed by atoms with Crippen molar-refractivity contribution in [1.29, 1.82) is 0 Å². The summed E-state index contributed by atoms with van der Waals surface area (Å²) in [6.07, 6.45) is 7.84. The molecular formula is C14H20BrN. The number of hydrogen-bond donors (Lipinski definition) is 1. The highest BCUT2D eigenvalue weighted by molar-refractivity contribution is 9.10. The predicted octanol–water partition coefficient (Wildman–Crippen LogP) is 4.00. The molecule has 16 heavy (non-hydrogen) atoms. The molecule has 0 radical (unpaired) electrons. The van der Waals surface area contributed by atoms with E-state index in [0.29, 0.717) is 5.41 Å². The van der Waals surface area contributed by atoms with Crippen LogP contribution in [0.15, 0.2) is 28.7 Å². The summed E-state index contributed by atoms with van der Waals surface area (Å²) in [5, 5.41) is 0. The Labute approximate surface area is 107 Å². The number of rotatable bonds is 3. The van der Waals surface area contributed by atoms with E-state index in [1.165, 1.54) is 42.1 Å². The second kappa shape index (κ2) is 5.33. The highest BCUT2D eigenvalue weighted by atomic mass is 79.9. The van der Waals surface area contributed by atoms with Gasteiger partial charge in [0.2, 0.25) is 0 Å². The molecule has 0 unspecified atom stereocenters. The average Bonchev–Trinajstić information content (AvgIpc) is 2.31. The van der Waals surface area contributed by atoms with Crippen molar-refractivity contribution in [1.82, 2.24) is 0 Å². The van der Waals surface area contributed by atoms with Gasteiger partial charge in [0, 0.05) is 4.47 Å². The topological polar surface area (TPSA) is 26.0 Å². The van der Waals surface area contributed by atoms with Crippen LogP contribution in [0.25, 0.3) is 0 Å². The zero-order valence-corrected chi connectivity index (χ0v) is 11.3. The van der Waals surface area contributed by atoms with E-state index in [1.807, 2.05) is 0 Å². The number of benzene rings is 1. The zero-order valence-electron chi connectivity index (χ0n) is 9.71. The van der Waals surface area contributed by atoms with Crippen LogP contribution in [0.2, 0.25) is 0 Å². The summed E-state index contributed by atoms with van der Waals surface area (Å²) in [5.74, 6) is 0. The summed E-state index contributed by atoms with van der Waals surface area (Å²) in [6, 6.07) is 8.79. The van der Waals surface area contributed by atoms with Crippen molar-refractivity contribution in [3.05, 3.63) is 34.3 Å². The Kier molecular flexibility index (Phi) is 4.04. The van der Waals surface area contributed by atoms with Crippen LogP contribution >= 0.6 is 15.9 Å². The normalized spacial score (nSPS) is 19.6. The first-order valence-corrected chi connectivity index (χ1v) is 7.02. The Balaban J connectivity index is 2.30. The SMILES string of the molecule is NCCC1(c2cccc(Br)c2)CCCCC1. The van der Waals surface area contributed by atoms with Crippen molar-refractivity contribution < 1.29 is 0 Å². The van der Waals surface area contributed by atoms with E-state index in [9.17, 15) is 0 Å². The van der Waals surface area contributed by atoms with Crippen molar-refractivity contribution in [3.8, 4) is 0 Å². The van der Waals surface area contributed by atoms with Crippen LogP contribution in [0, 0.1) is 0 Å². The fourth-order valence-corrected chi connectivity index (χ4v) is 3.41. The Morgan fingerprint density at radius 1 is 1.19 bits per heavy atom. The largest absolute Gasteiger partial charge is 0.330 e. The number of hydrogen-bond acceptors (Lipinski definition) is 1. The summed E-state index contributed by atoms with van der Waals surface area (Å²) in [7, 11) is 0. The lowest BCUT2D eigenvalue weighted by Gasteiger charge is -2.38. The van der Waals surface area contributed by atoms with Crippen LogP contribution in [0.1, 0.15) is 44.1 Å². The molecule has 88 valence electrons. The summed E-state index contributed by atoms with van der Waals surface area (Å²) < 4.78 is 1.19. The molecule has 2 rings (SSSR count). The molecule has 0 aliphatic heterocycles. The third kappa shape index (κ3) is 2.49. The molecule has 0 saturated heterocycles. The quantitative estimate of drug-likeness (QED) is 0.891. The standard InChI is InChI=1S/C14H20BrN/c15-13-6-4-5-12(11-13)14(9-10-16)7-2-1-3-8-14/h4-6,11H,1-3,7-10,16H2. The minimum Gasteiger partial charge on any atom is -0.330 e. The summed E-state index contributed by atoms with van der Waals surface area (Å²) in [5.41, 5.74) is 7.64. The van der Waals surface area contributed by atoms with Crippen molar-refractivity contribution in [2.75, 3.05) is 6.54 Å². The Morgan fingerprint density at radius 2 is 1.94 bits per heavy atom. The summed E-state index contributed by atoms with van der Waals surface area (Å²) >= 11 is 3.57. The van der Waals surface area contributed by atoms with E-state index in [-0.39, 0.29) is 0 Å². The molecule has 2 heteroatoms. The molecule has 0 heterocycles. The fraction of sp³-hybridized carbons (Fsp3) is 0.571. The predicted molar refractivity (Wildman–Crippen MR) is 72.6 cm³/mol. The lowest BCUT2D eigenvalue weighted by atomic mass is 9.67. The van der Waals surface area contributed by atoms with Gasteiger partial charge in [-0.3, -0.25) is 0 Å². The van der Waals surface area contributed by atoms with Gasteiger partial charge in [-0.1, -0.05) is 47.3 Å². The van der Waals surface area contributed by atoms with E-state index in [4.69, 9.17) is 5.73 Å². The molecule has 1 fully saturated rings. The van der Waals surface area contributed by atoms with E-state index >= 15 is 0 Å². The molecular weight excluding hydrogens is 262 g/mol. The molecule has 0 amide bonds. The second-order valence-corrected chi connectivity index (χ2v) is 5.81. The first kappa shape index (κ1) is 12.1. The van der Waals surface area contributed by atoms with E-state index in [0.717, 1.165) is 13.0 Å². The maximum Gasteiger partial charge on any atom is 0.0178 e. The summed E-state index contributed by atoms with van der Waals surface area (Å²) in [6.45, 7) is 0.798. The molecule has 0 bridgehead atoms. The van der Waals surface area contributed by atoms with Gasteiger partial charge in [0.25, 0.3) is 0 Å². The molecule has 1 aliphatic rings. The highest BCUT2D eigenvalue weighted by Crippen LogP contribution is 2.42. The van der Waals surface area contributed by atoms with Crippen molar-refractivity contribution in [3.63, 3.8) is 0 Å². The van der Waals surface area contributed by atoms with Crippen LogP contribution in [0.5, 0.6) is 0 Å². The lowest BCUT2D eigenvalue weighted by molar-refractivity contribution is 0.277. The van der Waals surface area contributed by atoms with Gasteiger partial charge in [-0.2, -0.15) is 0 Å². The van der Waals surface area contributed by atoms with E-state index in [1.54, 1.807) is 0 Å². The third-order valence-corrected chi connectivity index (χ3v) is 4.36. The smallest absolute Gasteiger partial charge is 0.0178 e. The van der Waals surface area contributed by atoms with Gasteiger partial charge in [-0.15, -0.1) is 0 Å². The molecule has 1 aromatic rings. The van der Waals surface area contributed by atoms with Gasteiger partial charge in [-0.05, 0) is 48.9 Å². The Hall–Kier alpha value is -0.340. The van der Waals surface area contributed by atoms with Gasteiger partial charge in [0.1, 0.15) is 0 Å². The zero-order chi connectivity index (χ0) is 11.4. The Morgan fingerprint density at radius 3 is 2.56 bits per heavy atom. The first-order valence-electron chi connectivity index (χ1n) is 6.23. The number of halogens is 1. The highest BCUT2D eigenvalue weighted by Gasteiger charge is 2.32. The minimum atomic E-state index is 0.358. The van der Waals surface area contributed by atoms with Gasteiger partial charge >= 0.3 is 0 Å². The van der Waals surface area contributed by atoms with Crippen molar-refractivity contribution in [2.45, 2.75) is 43.9 Å². The van der Waals surface area contributed by atoms with Crippen LogP contribution in [-0.2, 0) is 5.41 Å². The first-order chi connectivity index (χ1) is 7.77. The van der Waals surface area contributed by atoms with Gasteiger partial charge in [0.15, 0.2) is 0 Å². The summed E-state index contributed by atoms with van der Waals surface area (Å²) in [4.78, 5) is 0. The second-order valence-electron chi connectivity index (χ2n) is 4.89. The molecule has 1 aromatic carbocycles. The molecule has 2 N–H and O–H groups in total. The van der Waals surface area contributed by atoms with Crippen molar-refractivity contribution >= 4 is 15.9 Å². The van der Waals surface area contributed by atoms with E-state index in [2.05, 4.69) is 40.2 Å². The van der Waals surface area contributed by atoms with Crippen molar-refractivity contribution in [2.24, 2.45) is 5.73 Å². The van der Waals surface area contributed by atoms with Crippen LogP contribution in [0.4, 0.5) is 0 Å². The van der Waals surface area contributed by atoms with Crippen LogP contribution < -0.4 is 5.73 Å². The molecule has 0 spiro atoms. The Bertz CT molecular complexity index is 337. The molecule has 0 atom stereocenters. The lowest BCUT2D eigenvalue weighted by Crippen LogP contribution is -2.31. The minimum absolute atomic E-state index is 0.358. The third-order valence-electron chi connectivity index (χ3n) is 3.87. The van der Waals surface area contributed by atoms with E-state index < -0.39 is 0 Å². The van der Waals surface area contributed by atoms with Crippen LogP contribution in [-0.4, -0.2) is 6.54 Å². The molecule has 1 saturated carbocycles. The molecule has 0 aromatic heterocycles. The molecule has 1 nitrogen and oxygen atoms in total. The maximum atomic E-state index is 5.81. The fourth-order valence-electron chi connectivity index (χ4n) is 3.01. The van der Waals surface area contributed by atoms with Gasteiger partial charge in [-0.25, -0.2) is 0 Å².